The molecular weight excluding hydrogens is 587 g/mol. The van der Waals surface area contributed by atoms with Crippen molar-refractivity contribution in [2.75, 3.05) is 32.2 Å². The molecule has 2 heterocycles. The minimum atomic E-state index is -4.12. The van der Waals surface area contributed by atoms with Gasteiger partial charge in [-0.05, 0) is 49.9 Å². The first-order valence-electron chi connectivity index (χ1n) is 14.8. The van der Waals surface area contributed by atoms with Gasteiger partial charge in [0.1, 0.15) is 28.1 Å². The number of methoxy groups -OCH3 is 3. The highest BCUT2D eigenvalue weighted by Gasteiger charge is 2.41. The van der Waals surface area contributed by atoms with Crippen molar-refractivity contribution in [2.45, 2.75) is 76.1 Å². The van der Waals surface area contributed by atoms with Crippen LogP contribution in [0.4, 0.5) is 5.95 Å². The van der Waals surface area contributed by atoms with E-state index in [1.165, 1.54) is 25.6 Å². The fraction of sp³-hybridized carbons (Fsp3) is 0.567. The molecule has 1 aliphatic rings. The number of benzene rings is 1. The van der Waals surface area contributed by atoms with Crippen LogP contribution in [0.25, 0.3) is 17.2 Å². The Morgan fingerprint density at radius 3 is 2.19 bits per heavy atom. The molecule has 0 amide bonds. The fourth-order valence-corrected chi connectivity index (χ4v) is 8.25. The van der Waals surface area contributed by atoms with Gasteiger partial charge < -0.3 is 19.3 Å². The lowest BCUT2D eigenvalue weighted by atomic mass is 9.84. The second-order valence-electron chi connectivity index (χ2n) is 12.3. The lowest BCUT2D eigenvalue weighted by molar-refractivity contribution is 0.0839. The van der Waals surface area contributed by atoms with Gasteiger partial charge >= 0.3 is 0 Å². The minimum absolute atomic E-state index is 0.0684. The Bertz CT molecular complexity index is 1460. The van der Waals surface area contributed by atoms with E-state index in [-0.39, 0.29) is 24.2 Å². The summed E-state index contributed by atoms with van der Waals surface area (Å²) in [5.74, 6) is 1.52. The van der Waals surface area contributed by atoms with Crippen LogP contribution in [0.15, 0.2) is 36.4 Å². The Morgan fingerprint density at radius 2 is 1.60 bits per heavy atom. The largest absolute Gasteiger partial charge is 0.494 e. The molecule has 1 fully saturated rings. The summed E-state index contributed by atoms with van der Waals surface area (Å²) < 4.78 is 48.9. The van der Waals surface area contributed by atoms with Crippen molar-refractivity contribution in [2.24, 2.45) is 5.92 Å². The maximum absolute atomic E-state index is 14.6. The molecule has 2 atom stereocenters. The van der Waals surface area contributed by atoms with E-state index in [0.29, 0.717) is 34.8 Å². The smallest absolute Gasteiger partial charge is 0.246 e. The molecule has 0 radical (unpaired) electrons. The van der Waals surface area contributed by atoms with Crippen molar-refractivity contribution in [3.63, 3.8) is 0 Å². The van der Waals surface area contributed by atoms with Crippen LogP contribution < -0.4 is 18.5 Å². The molecular formula is C30H45N5O6SSi. The molecule has 1 aromatic carbocycles. The van der Waals surface area contributed by atoms with Crippen molar-refractivity contribution < 1.29 is 27.7 Å². The van der Waals surface area contributed by atoms with Gasteiger partial charge in [0.05, 0.1) is 27.4 Å². The van der Waals surface area contributed by atoms with E-state index in [1.54, 1.807) is 47.9 Å². The summed E-state index contributed by atoms with van der Waals surface area (Å²) in [4.78, 5) is 4.57. The Hall–Kier alpha value is -3.16. The van der Waals surface area contributed by atoms with Crippen LogP contribution in [-0.4, -0.2) is 80.6 Å². The van der Waals surface area contributed by atoms with E-state index in [0.717, 1.165) is 32.1 Å². The van der Waals surface area contributed by atoms with Crippen LogP contribution in [0, 0.1) is 5.92 Å². The van der Waals surface area contributed by atoms with Gasteiger partial charge in [0.2, 0.25) is 21.9 Å². The van der Waals surface area contributed by atoms with E-state index >= 15 is 0 Å². The Labute approximate surface area is 256 Å². The second-order valence-corrected chi connectivity index (χ2v) is 20.1. The molecule has 0 spiro atoms. The van der Waals surface area contributed by atoms with Gasteiger partial charge in [-0.15, -0.1) is 10.2 Å². The predicted molar refractivity (Wildman–Crippen MR) is 171 cm³/mol. The fourth-order valence-electron chi connectivity index (χ4n) is 5.53. The van der Waals surface area contributed by atoms with Crippen LogP contribution in [0.5, 0.6) is 17.4 Å². The summed E-state index contributed by atoms with van der Waals surface area (Å²) in [6.45, 7) is 8.36. The molecule has 43 heavy (non-hydrogen) atoms. The Balaban J connectivity index is 1.96. The number of hydrogen-bond acceptors (Lipinski definition) is 9. The minimum Gasteiger partial charge on any atom is -0.494 e. The highest BCUT2D eigenvalue weighted by molar-refractivity contribution is 7.93. The van der Waals surface area contributed by atoms with Crippen LogP contribution in [0.3, 0.4) is 0 Å². The SMILES string of the molecule is COc1cccc(-c2nnc(N(CC[Si](C)(C)C)S(=O)(=O)[C@H](C)C(O)C3CCCCC3)n2-c2c(OC)cccc2OC)n1. The highest BCUT2D eigenvalue weighted by atomic mass is 32.2. The molecule has 11 nitrogen and oxygen atoms in total. The van der Waals surface area contributed by atoms with E-state index in [9.17, 15) is 13.5 Å². The second kappa shape index (κ2) is 13.6. The molecule has 2 aromatic heterocycles. The number of rotatable bonds is 13. The molecule has 0 bridgehead atoms. The molecule has 4 rings (SSSR count). The molecule has 13 heteroatoms. The van der Waals surface area contributed by atoms with Gasteiger partial charge in [-0.1, -0.05) is 51.0 Å². The molecule has 1 saturated carbocycles. The van der Waals surface area contributed by atoms with Crippen molar-refractivity contribution in [3.05, 3.63) is 36.4 Å². The lowest BCUT2D eigenvalue weighted by Gasteiger charge is -2.34. The first-order valence-corrected chi connectivity index (χ1v) is 20.0. The molecule has 0 aliphatic heterocycles. The quantitative estimate of drug-likeness (QED) is 0.254. The third-order valence-electron chi connectivity index (χ3n) is 8.11. The molecule has 1 unspecified atom stereocenters. The first kappa shape index (κ1) is 32.7. The van der Waals surface area contributed by atoms with E-state index in [4.69, 9.17) is 14.2 Å². The van der Waals surface area contributed by atoms with Crippen molar-refractivity contribution >= 4 is 24.0 Å². The standard InChI is InChI=1S/C30H45N5O6SSi/c1-21(28(36)22-13-9-8-10-14-22)42(37,38)34(19-20-43(5,6)7)30-33-32-29(23-15-11-18-26(31-23)41-4)35(30)27-24(39-2)16-12-17-25(27)40-3/h11-12,15-18,21-22,28,36H,8-10,13-14,19-20H2,1-7H3/t21-,28?/m1/s1. The van der Waals surface area contributed by atoms with Gasteiger partial charge in [-0.25, -0.2) is 17.7 Å². The molecule has 236 valence electrons. The van der Waals surface area contributed by atoms with Gasteiger partial charge in [0.25, 0.3) is 0 Å². The Kier molecular flexibility index (Phi) is 10.4. The van der Waals surface area contributed by atoms with Crippen LogP contribution in [0.2, 0.25) is 25.7 Å². The number of sulfonamides is 1. The zero-order valence-corrected chi connectivity index (χ0v) is 28.1. The summed E-state index contributed by atoms with van der Waals surface area (Å²) in [6, 6.07) is 11.2. The number of pyridine rings is 1. The number of hydrogen-bond donors (Lipinski definition) is 1. The number of nitrogens with zero attached hydrogens (tertiary/aromatic N) is 5. The third kappa shape index (κ3) is 7.15. The van der Waals surface area contributed by atoms with Gasteiger partial charge in [0, 0.05) is 20.7 Å². The van der Waals surface area contributed by atoms with Gasteiger partial charge in [0.15, 0.2) is 5.82 Å². The van der Waals surface area contributed by atoms with Crippen LogP contribution in [-0.2, 0) is 10.0 Å². The number of aliphatic hydroxyl groups is 1. The van der Waals surface area contributed by atoms with E-state index in [1.807, 2.05) is 0 Å². The number of aliphatic hydroxyl groups excluding tert-OH is 1. The van der Waals surface area contributed by atoms with Crippen LogP contribution in [0.1, 0.15) is 39.0 Å². The normalized spacial score (nSPS) is 16.0. The number of para-hydroxylation sites is 1. The van der Waals surface area contributed by atoms with Crippen molar-refractivity contribution in [1.29, 1.82) is 0 Å². The maximum atomic E-state index is 14.6. The predicted octanol–water partition coefficient (Wildman–Crippen LogP) is 5.16. The zero-order chi connectivity index (χ0) is 31.4. The summed E-state index contributed by atoms with van der Waals surface area (Å²) >= 11 is 0. The van der Waals surface area contributed by atoms with Crippen molar-refractivity contribution in [1.82, 2.24) is 19.7 Å². The average molecular weight is 632 g/mol. The third-order valence-corrected chi connectivity index (χ3v) is 12.0. The monoisotopic (exact) mass is 631 g/mol. The Morgan fingerprint density at radius 1 is 0.977 bits per heavy atom. The number of anilines is 1. The lowest BCUT2D eigenvalue weighted by Crippen LogP contribution is -2.48. The average Bonchev–Trinajstić information content (AvgIpc) is 3.43. The topological polar surface area (TPSA) is 129 Å². The van der Waals surface area contributed by atoms with E-state index < -0.39 is 29.5 Å². The number of aromatic nitrogens is 4. The summed E-state index contributed by atoms with van der Waals surface area (Å²) in [5.41, 5.74) is 0.852. The van der Waals surface area contributed by atoms with Gasteiger partial charge in [-0.2, -0.15) is 0 Å². The molecule has 1 N–H and O–H groups in total. The number of ether oxygens (including phenoxy) is 3. The summed E-state index contributed by atoms with van der Waals surface area (Å²) in [6.07, 6.45) is 3.72. The maximum Gasteiger partial charge on any atom is 0.246 e. The van der Waals surface area contributed by atoms with Crippen molar-refractivity contribution in [3.8, 4) is 34.6 Å². The van der Waals surface area contributed by atoms with Gasteiger partial charge in [-0.3, -0.25) is 4.57 Å². The van der Waals surface area contributed by atoms with Crippen LogP contribution >= 0.6 is 0 Å². The summed E-state index contributed by atoms with van der Waals surface area (Å²) in [5, 5.41) is 19.3. The summed E-state index contributed by atoms with van der Waals surface area (Å²) in [7, 11) is -1.26. The zero-order valence-electron chi connectivity index (χ0n) is 26.3. The first-order chi connectivity index (χ1) is 20.4. The molecule has 3 aromatic rings. The molecule has 1 aliphatic carbocycles. The highest BCUT2D eigenvalue weighted by Crippen LogP contribution is 2.40. The molecule has 0 saturated heterocycles. The van der Waals surface area contributed by atoms with E-state index in [2.05, 4.69) is 34.8 Å².